The normalized spacial score (nSPS) is 20.4. The molecule has 0 saturated carbocycles. The molecular formula is C24H22N2O2. The molecule has 4 nitrogen and oxygen atoms in total. The van der Waals surface area contributed by atoms with Gasteiger partial charge >= 0.3 is 0 Å². The highest BCUT2D eigenvalue weighted by Gasteiger charge is 2.39. The zero-order valence-corrected chi connectivity index (χ0v) is 15.7. The lowest BCUT2D eigenvalue weighted by molar-refractivity contribution is -0.0326. The van der Waals surface area contributed by atoms with Crippen LogP contribution in [-0.4, -0.2) is 11.6 Å². The molecule has 0 aromatic heterocycles. The minimum atomic E-state index is -0.229. The molecule has 0 unspecified atom stereocenters. The summed E-state index contributed by atoms with van der Waals surface area (Å²) in [6, 6.07) is 26.9. The Balaban J connectivity index is 1.53. The van der Waals surface area contributed by atoms with Gasteiger partial charge in [0.2, 0.25) is 0 Å². The van der Waals surface area contributed by atoms with Gasteiger partial charge in [-0.3, -0.25) is 0 Å². The third kappa shape index (κ3) is 2.92. The van der Waals surface area contributed by atoms with Crippen molar-refractivity contribution in [2.24, 2.45) is 0 Å². The fourth-order valence-corrected chi connectivity index (χ4v) is 3.84. The number of hydrazine groups is 1. The minimum Gasteiger partial charge on any atom is -0.494 e. The second-order valence-electron chi connectivity index (χ2n) is 6.92. The average Bonchev–Trinajstić information content (AvgIpc) is 3.20. The Kier molecular flexibility index (Phi) is 4.26. The van der Waals surface area contributed by atoms with Gasteiger partial charge in [0.25, 0.3) is 0 Å². The van der Waals surface area contributed by atoms with Crippen molar-refractivity contribution in [3.8, 4) is 11.5 Å². The van der Waals surface area contributed by atoms with E-state index in [9.17, 15) is 0 Å². The van der Waals surface area contributed by atoms with Crippen LogP contribution in [-0.2, 0) is 0 Å². The first kappa shape index (κ1) is 16.9. The Labute approximate surface area is 165 Å². The average molecular weight is 370 g/mol. The van der Waals surface area contributed by atoms with Crippen molar-refractivity contribution in [3.63, 3.8) is 0 Å². The molecule has 0 spiro atoms. The number of benzene rings is 3. The summed E-state index contributed by atoms with van der Waals surface area (Å²) >= 11 is 0. The Morgan fingerprint density at radius 2 is 1.68 bits per heavy atom. The van der Waals surface area contributed by atoms with Gasteiger partial charge in [-0.1, -0.05) is 60.7 Å². The molecule has 140 valence electrons. The summed E-state index contributed by atoms with van der Waals surface area (Å²) < 4.78 is 12.0. The van der Waals surface area contributed by atoms with Crippen LogP contribution >= 0.6 is 0 Å². The molecule has 0 saturated heterocycles. The monoisotopic (exact) mass is 370 g/mol. The molecule has 28 heavy (non-hydrogen) atoms. The molecule has 2 heterocycles. The zero-order chi connectivity index (χ0) is 18.9. The highest BCUT2D eigenvalue weighted by atomic mass is 16.5. The smallest absolute Gasteiger partial charge is 0.195 e. The lowest BCUT2D eigenvalue weighted by atomic mass is 10.0. The van der Waals surface area contributed by atoms with E-state index in [1.54, 1.807) is 0 Å². The zero-order valence-electron chi connectivity index (χ0n) is 15.7. The molecule has 2 atom stereocenters. The van der Waals surface area contributed by atoms with Gasteiger partial charge in [-0.05, 0) is 36.8 Å². The van der Waals surface area contributed by atoms with Crippen molar-refractivity contribution in [3.05, 3.63) is 102 Å². The number of hydrogen-bond acceptors (Lipinski definition) is 4. The van der Waals surface area contributed by atoms with Gasteiger partial charge in [0.05, 0.1) is 18.3 Å². The van der Waals surface area contributed by atoms with E-state index in [0.29, 0.717) is 6.61 Å². The van der Waals surface area contributed by atoms with Gasteiger partial charge in [-0.2, -0.15) is 5.01 Å². The number of para-hydroxylation sites is 1. The molecule has 2 aliphatic rings. The number of rotatable bonds is 4. The molecule has 0 radical (unpaired) electrons. The van der Waals surface area contributed by atoms with Gasteiger partial charge in [0.1, 0.15) is 11.5 Å². The van der Waals surface area contributed by atoms with E-state index in [0.717, 1.165) is 22.8 Å². The summed E-state index contributed by atoms with van der Waals surface area (Å²) in [5, 5.41) is 2.18. The van der Waals surface area contributed by atoms with Crippen molar-refractivity contribution >= 4 is 5.70 Å². The highest BCUT2D eigenvalue weighted by Crippen LogP contribution is 2.45. The molecule has 3 aromatic rings. The summed E-state index contributed by atoms with van der Waals surface area (Å²) in [6.07, 6.45) is 2.05. The van der Waals surface area contributed by atoms with Gasteiger partial charge in [0.15, 0.2) is 6.23 Å². The SMILES string of the molecule is CCOc1ccc([C@@H]2Oc3ccccc3[C@H]3C=C(c4ccccc4)NN32)cc1. The van der Waals surface area contributed by atoms with Crippen LogP contribution in [0.25, 0.3) is 5.70 Å². The maximum absolute atomic E-state index is 6.41. The van der Waals surface area contributed by atoms with Crippen LogP contribution in [0, 0.1) is 0 Å². The van der Waals surface area contributed by atoms with E-state index < -0.39 is 0 Å². The molecule has 0 aliphatic carbocycles. The molecule has 4 heteroatoms. The first-order valence-corrected chi connectivity index (χ1v) is 9.64. The maximum atomic E-state index is 6.41. The first-order valence-electron chi connectivity index (χ1n) is 9.64. The van der Waals surface area contributed by atoms with Crippen LogP contribution in [0.1, 0.15) is 35.9 Å². The summed E-state index contributed by atoms with van der Waals surface area (Å²) in [4.78, 5) is 0. The minimum absolute atomic E-state index is 0.108. The summed E-state index contributed by atoms with van der Waals surface area (Å²) in [5.74, 6) is 1.80. The van der Waals surface area contributed by atoms with Gasteiger partial charge in [-0.25, -0.2) is 0 Å². The predicted molar refractivity (Wildman–Crippen MR) is 110 cm³/mol. The maximum Gasteiger partial charge on any atom is 0.195 e. The Bertz CT molecular complexity index is 999. The predicted octanol–water partition coefficient (Wildman–Crippen LogP) is 5.08. The number of ether oxygens (including phenoxy) is 2. The van der Waals surface area contributed by atoms with E-state index in [-0.39, 0.29) is 12.3 Å². The summed E-state index contributed by atoms with van der Waals surface area (Å²) in [6.45, 7) is 2.65. The fraction of sp³-hybridized carbons (Fsp3) is 0.167. The molecular weight excluding hydrogens is 348 g/mol. The van der Waals surface area contributed by atoms with Crippen LogP contribution in [0.4, 0.5) is 0 Å². The molecule has 1 N–H and O–H groups in total. The second kappa shape index (κ2) is 7.06. The number of nitrogens with zero attached hydrogens (tertiary/aromatic N) is 1. The topological polar surface area (TPSA) is 33.7 Å². The van der Waals surface area contributed by atoms with Crippen molar-refractivity contribution in [2.45, 2.75) is 19.2 Å². The number of hydrogen-bond donors (Lipinski definition) is 1. The van der Waals surface area contributed by atoms with E-state index in [4.69, 9.17) is 9.47 Å². The first-order chi connectivity index (χ1) is 13.8. The standard InChI is InChI=1S/C24H22N2O2/c1-2-27-19-14-12-18(13-15-19)24-26-22(20-10-6-7-11-23(20)28-24)16-21(25-26)17-8-4-3-5-9-17/h3-16,22,24-25H,2H2,1H3/t22-,24+/m1/s1. The van der Waals surface area contributed by atoms with Gasteiger partial charge in [0, 0.05) is 11.1 Å². The summed E-state index contributed by atoms with van der Waals surface area (Å²) in [5.41, 5.74) is 8.09. The van der Waals surface area contributed by atoms with E-state index >= 15 is 0 Å². The highest BCUT2D eigenvalue weighted by molar-refractivity contribution is 5.67. The third-order valence-corrected chi connectivity index (χ3v) is 5.16. The summed E-state index contributed by atoms with van der Waals surface area (Å²) in [7, 11) is 0. The molecule has 5 rings (SSSR count). The molecule has 0 fully saturated rings. The molecule has 0 amide bonds. The Morgan fingerprint density at radius 3 is 2.46 bits per heavy atom. The van der Waals surface area contributed by atoms with Crippen LogP contribution in [0.15, 0.2) is 84.9 Å². The van der Waals surface area contributed by atoms with E-state index in [2.05, 4.69) is 65.0 Å². The lowest BCUT2D eigenvalue weighted by Crippen LogP contribution is -2.43. The second-order valence-corrected chi connectivity index (χ2v) is 6.92. The van der Waals surface area contributed by atoms with Crippen molar-refractivity contribution in [1.29, 1.82) is 0 Å². The van der Waals surface area contributed by atoms with Crippen molar-refractivity contribution < 1.29 is 9.47 Å². The Hall–Kier alpha value is -3.24. The van der Waals surface area contributed by atoms with Gasteiger partial charge in [-0.15, -0.1) is 0 Å². The quantitative estimate of drug-likeness (QED) is 0.694. The largest absolute Gasteiger partial charge is 0.494 e. The lowest BCUT2D eigenvalue weighted by Gasteiger charge is -2.39. The van der Waals surface area contributed by atoms with Gasteiger partial charge < -0.3 is 14.9 Å². The number of nitrogens with one attached hydrogen (secondary N) is 1. The molecule has 0 bridgehead atoms. The molecule has 3 aromatic carbocycles. The van der Waals surface area contributed by atoms with Crippen molar-refractivity contribution in [1.82, 2.24) is 10.4 Å². The fourth-order valence-electron chi connectivity index (χ4n) is 3.84. The van der Waals surface area contributed by atoms with Crippen LogP contribution in [0.2, 0.25) is 0 Å². The van der Waals surface area contributed by atoms with Crippen LogP contribution < -0.4 is 14.9 Å². The van der Waals surface area contributed by atoms with Crippen molar-refractivity contribution in [2.75, 3.05) is 6.61 Å². The van der Waals surface area contributed by atoms with Crippen LogP contribution in [0.3, 0.4) is 0 Å². The third-order valence-electron chi connectivity index (χ3n) is 5.16. The van der Waals surface area contributed by atoms with E-state index in [1.807, 2.05) is 37.3 Å². The van der Waals surface area contributed by atoms with E-state index in [1.165, 1.54) is 11.1 Å². The number of fused-ring (bicyclic) bond motifs is 3. The Morgan fingerprint density at radius 1 is 0.929 bits per heavy atom. The molecule has 2 aliphatic heterocycles. The van der Waals surface area contributed by atoms with Crippen LogP contribution in [0.5, 0.6) is 11.5 Å².